The van der Waals surface area contributed by atoms with Crippen LogP contribution in [0.3, 0.4) is 0 Å². The maximum atomic E-state index is 12.3. The molecule has 1 amide bonds. The van der Waals surface area contributed by atoms with Gasteiger partial charge in [0.25, 0.3) is 5.91 Å². The molecule has 6 nitrogen and oxygen atoms in total. The molecule has 116 valence electrons. The Hall–Kier alpha value is -2.21. The van der Waals surface area contributed by atoms with E-state index in [-0.39, 0.29) is 18.1 Å². The van der Waals surface area contributed by atoms with Crippen molar-refractivity contribution in [3.8, 4) is 0 Å². The van der Waals surface area contributed by atoms with Crippen molar-refractivity contribution in [2.24, 2.45) is 0 Å². The molecule has 2 N–H and O–H groups in total. The van der Waals surface area contributed by atoms with Crippen molar-refractivity contribution in [1.29, 1.82) is 0 Å². The lowest BCUT2D eigenvalue weighted by molar-refractivity contribution is -0.00697. The summed E-state index contributed by atoms with van der Waals surface area (Å²) in [6.45, 7) is 4.54. The highest BCUT2D eigenvalue weighted by atomic mass is 16.5. The Balaban J connectivity index is 1.64. The quantitative estimate of drug-likeness (QED) is 0.902. The van der Waals surface area contributed by atoms with E-state index < -0.39 is 0 Å². The molecule has 3 heterocycles. The molecule has 0 spiro atoms. The molecule has 0 aliphatic carbocycles. The Kier molecular flexibility index (Phi) is 4.20. The maximum Gasteiger partial charge on any atom is 0.272 e. The number of hydrogen-bond donors (Lipinski definition) is 2. The number of rotatable bonds is 4. The maximum absolute atomic E-state index is 12.3. The van der Waals surface area contributed by atoms with Crippen molar-refractivity contribution in [3.05, 3.63) is 47.0 Å². The van der Waals surface area contributed by atoms with Crippen LogP contribution in [0.25, 0.3) is 0 Å². The van der Waals surface area contributed by atoms with E-state index in [2.05, 4.69) is 20.5 Å². The number of hydrogen-bond acceptors (Lipinski definition) is 4. The minimum atomic E-state index is -0.136. The zero-order chi connectivity index (χ0) is 15.5. The first-order valence-electron chi connectivity index (χ1n) is 7.55. The number of carbonyl (C=O) groups is 1. The number of H-pyrrole nitrogens is 1. The fourth-order valence-electron chi connectivity index (χ4n) is 2.81. The van der Waals surface area contributed by atoms with Crippen LogP contribution in [-0.4, -0.2) is 33.7 Å². The first-order chi connectivity index (χ1) is 10.6. The van der Waals surface area contributed by atoms with Gasteiger partial charge in [-0.05, 0) is 31.9 Å². The topological polar surface area (TPSA) is 79.9 Å². The van der Waals surface area contributed by atoms with Crippen molar-refractivity contribution in [1.82, 2.24) is 20.5 Å². The van der Waals surface area contributed by atoms with Crippen LogP contribution in [-0.2, 0) is 17.6 Å². The molecule has 1 aliphatic heterocycles. The van der Waals surface area contributed by atoms with Crippen molar-refractivity contribution >= 4 is 5.91 Å². The van der Waals surface area contributed by atoms with Crippen LogP contribution in [0.1, 0.15) is 47.3 Å². The van der Waals surface area contributed by atoms with Gasteiger partial charge < -0.3 is 10.1 Å². The molecular formula is C16H20N4O2. The fourth-order valence-corrected chi connectivity index (χ4v) is 2.81. The molecule has 0 unspecified atom stereocenters. The van der Waals surface area contributed by atoms with Gasteiger partial charge in [0.1, 0.15) is 0 Å². The number of ether oxygens (including phenoxy) is 1. The van der Waals surface area contributed by atoms with Crippen molar-refractivity contribution in [3.63, 3.8) is 0 Å². The number of fused-ring (bicyclic) bond motifs is 1. The average molecular weight is 300 g/mol. The third kappa shape index (κ3) is 3.01. The molecular weight excluding hydrogens is 280 g/mol. The summed E-state index contributed by atoms with van der Waals surface area (Å²) in [7, 11) is 0. The highest BCUT2D eigenvalue weighted by molar-refractivity contribution is 5.94. The summed E-state index contributed by atoms with van der Waals surface area (Å²) in [4.78, 5) is 16.4. The number of amides is 1. The van der Waals surface area contributed by atoms with Gasteiger partial charge in [-0.1, -0.05) is 6.07 Å². The predicted octanol–water partition coefficient (Wildman–Crippen LogP) is 1.80. The van der Waals surface area contributed by atoms with Gasteiger partial charge in [0, 0.05) is 30.9 Å². The minimum absolute atomic E-state index is 0.0526. The predicted molar refractivity (Wildman–Crippen MR) is 81.5 cm³/mol. The monoisotopic (exact) mass is 300 g/mol. The number of aromatic nitrogens is 3. The summed E-state index contributed by atoms with van der Waals surface area (Å²) in [5.74, 6) is -0.136. The van der Waals surface area contributed by atoms with E-state index in [4.69, 9.17) is 4.74 Å². The lowest BCUT2D eigenvalue weighted by Gasteiger charge is -2.25. The van der Waals surface area contributed by atoms with Crippen LogP contribution in [0.5, 0.6) is 0 Å². The van der Waals surface area contributed by atoms with E-state index in [1.807, 2.05) is 32.2 Å². The lowest BCUT2D eigenvalue weighted by atomic mass is 9.99. The third-order valence-corrected chi connectivity index (χ3v) is 3.87. The van der Waals surface area contributed by atoms with Gasteiger partial charge in [-0.3, -0.25) is 14.9 Å². The number of nitrogens with zero attached hydrogens (tertiary/aromatic N) is 2. The second kappa shape index (κ2) is 6.27. The van der Waals surface area contributed by atoms with E-state index in [0.29, 0.717) is 18.7 Å². The Morgan fingerprint density at radius 2 is 2.36 bits per heavy atom. The van der Waals surface area contributed by atoms with Gasteiger partial charge in [0.15, 0.2) is 5.69 Å². The third-order valence-electron chi connectivity index (χ3n) is 3.87. The van der Waals surface area contributed by atoms with Crippen molar-refractivity contribution in [2.45, 2.75) is 38.9 Å². The van der Waals surface area contributed by atoms with Gasteiger partial charge >= 0.3 is 0 Å². The molecule has 1 aliphatic rings. The molecule has 2 aromatic rings. The van der Waals surface area contributed by atoms with Crippen LogP contribution in [0.2, 0.25) is 0 Å². The standard InChI is InChI=1S/C16H20N4O2/c1-10-8-13-14(11(2)22-10)19-20-15(13)16(21)18-7-5-12-4-3-6-17-9-12/h3-4,6,9-11H,5,7-8H2,1-2H3,(H,18,21)(H,19,20)/t10-,11+/m1/s1. The van der Waals surface area contributed by atoms with Crippen LogP contribution in [0.4, 0.5) is 0 Å². The molecule has 0 saturated carbocycles. The van der Waals surface area contributed by atoms with E-state index in [1.54, 1.807) is 6.20 Å². The second-order valence-corrected chi connectivity index (χ2v) is 5.62. The number of aromatic amines is 1. The molecule has 22 heavy (non-hydrogen) atoms. The number of pyridine rings is 1. The Bertz CT molecular complexity index is 653. The van der Waals surface area contributed by atoms with Crippen LogP contribution >= 0.6 is 0 Å². The van der Waals surface area contributed by atoms with Crippen LogP contribution in [0, 0.1) is 0 Å². The zero-order valence-electron chi connectivity index (χ0n) is 12.8. The van der Waals surface area contributed by atoms with E-state index in [1.165, 1.54) is 0 Å². The summed E-state index contributed by atoms with van der Waals surface area (Å²) >= 11 is 0. The number of carbonyl (C=O) groups excluding carboxylic acids is 1. The molecule has 6 heteroatoms. The van der Waals surface area contributed by atoms with Gasteiger partial charge in [0.2, 0.25) is 0 Å². The fraction of sp³-hybridized carbons (Fsp3) is 0.438. The molecule has 3 rings (SSSR count). The summed E-state index contributed by atoms with van der Waals surface area (Å²) < 4.78 is 5.73. The van der Waals surface area contributed by atoms with E-state index >= 15 is 0 Å². The molecule has 0 fully saturated rings. The minimum Gasteiger partial charge on any atom is -0.369 e. The SMILES string of the molecule is C[C@@H]1Cc2c(C(=O)NCCc3cccnc3)n[nH]c2[C@H](C)O1. The van der Waals surface area contributed by atoms with Gasteiger partial charge in [-0.25, -0.2) is 0 Å². The van der Waals surface area contributed by atoms with Crippen LogP contribution in [0.15, 0.2) is 24.5 Å². The van der Waals surface area contributed by atoms with E-state index in [9.17, 15) is 4.79 Å². The summed E-state index contributed by atoms with van der Waals surface area (Å²) in [6.07, 6.45) is 5.06. The summed E-state index contributed by atoms with van der Waals surface area (Å²) in [5.41, 5.74) is 3.48. The molecule has 0 radical (unpaired) electrons. The molecule has 0 saturated heterocycles. The van der Waals surface area contributed by atoms with Gasteiger partial charge in [-0.2, -0.15) is 5.10 Å². The molecule has 2 aromatic heterocycles. The normalized spacial score (nSPS) is 20.5. The van der Waals surface area contributed by atoms with Gasteiger partial charge in [-0.15, -0.1) is 0 Å². The van der Waals surface area contributed by atoms with Crippen LogP contribution < -0.4 is 5.32 Å². The van der Waals surface area contributed by atoms with Crippen molar-refractivity contribution < 1.29 is 9.53 Å². The largest absolute Gasteiger partial charge is 0.369 e. The average Bonchev–Trinajstić information content (AvgIpc) is 2.92. The second-order valence-electron chi connectivity index (χ2n) is 5.62. The molecule has 0 aromatic carbocycles. The Morgan fingerprint density at radius 3 is 3.14 bits per heavy atom. The zero-order valence-corrected chi connectivity index (χ0v) is 12.8. The summed E-state index contributed by atoms with van der Waals surface area (Å²) in [5, 5.41) is 10.0. The Labute approximate surface area is 129 Å². The molecule has 0 bridgehead atoms. The van der Waals surface area contributed by atoms with E-state index in [0.717, 1.165) is 23.2 Å². The lowest BCUT2D eigenvalue weighted by Crippen LogP contribution is -2.29. The highest BCUT2D eigenvalue weighted by Gasteiger charge is 2.29. The first kappa shape index (κ1) is 14.7. The Morgan fingerprint density at radius 1 is 1.50 bits per heavy atom. The van der Waals surface area contributed by atoms with Crippen molar-refractivity contribution in [2.75, 3.05) is 6.54 Å². The molecule has 2 atom stereocenters. The smallest absolute Gasteiger partial charge is 0.272 e. The number of nitrogens with one attached hydrogen (secondary N) is 2. The van der Waals surface area contributed by atoms with Gasteiger partial charge in [0.05, 0.1) is 17.9 Å². The summed E-state index contributed by atoms with van der Waals surface area (Å²) in [6, 6.07) is 3.89. The highest BCUT2D eigenvalue weighted by Crippen LogP contribution is 2.29. The first-order valence-corrected chi connectivity index (χ1v) is 7.55.